The van der Waals surface area contributed by atoms with Crippen LogP contribution in [0.15, 0.2) is 28.7 Å². The van der Waals surface area contributed by atoms with Gasteiger partial charge < -0.3 is 15.7 Å². The number of benzene rings is 1. The maximum absolute atomic E-state index is 12.0. The Morgan fingerprint density at radius 1 is 1.24 bits per heavy atom. The highest BCUT2D eigenvalue weighted by molar-refractivity contribution is 9.10. The lowest BCUT2D eigenvalue weighted by Crippen LogP contribution is -2.41. The molecule has 1 aromatic rings. The van der Waals surface area contributed by atoms with E-state index >= 15 is 0 Å². The Hall–Kier alpha value is -0.910. The molecule has 0 aliphatic heterocycles. The van der Waals surface area contributed by atoms with Crippen molar-refractivity contribution in [2.45, 2.75) is 45.7 Å². The Kier molecular flexibility index (Phi) is 7.93. The normalized spacial score (nSPS) is 14.0. The Labute approximate surface area is 135 Å². The standard InChI is InChI=1S/C16H25BrN2O2/c1-11(2)8-15(10-20)18-12(3)9-16(21)19-14-6-4-13(17)5-7-14/h4-7,11-12,15,18,20H,8-10H2,1-3H3,(H,19,21). The largest absolute Gasteiger partial charge is 0.395 e. The SMILES string of the molecule is CC(C)CC(CO)NC(C)CC(=O)Nc1ccc(Br)cc1. The number of aliphatic hydroxyl groups excluding tert-OH is 1. The fourth-order valence-corrected chi connectivity index (χ4v) is 2.51. The van der Waals surface area contributed by atoms with E-state index in [9.17, 15) is 9.90 Å². The summed E-state index contributed by atoms with van der Waals surface area (Å²) in [4.78, 5) is 12.0. The van der Waals surface area contributed by atoms with Gasteiger partial charge in [-0.1, -0.05) is 29.8 Å². The van der Waals surface area contributed by atoms with Crippen LogP contribution in [0, 0.1) is 5.92 Å². The number of halogens is 1. The van der Waals surface area contributed by atoms with Gasteiger partial charge in [-0.15, -0.1) is 0 Å². The quantitative estimate of drug-likeness (QED) is 0.670. The number of amides is 1. The van der Waals surface area contributed by atoms with Gasteiger partial charge in [-0.2, -0.15) is 0 Å². The summed E-state index contributed by atoms with van der Waals surface area (Å²) in [6.07, 6.45) is 1.28. The summed E-state index contributed by atoms with van der Waals surface area (Å²) in [5.74, 6) is 0.483. The van der Waals surface area contributed by atoms with Crippen molar-refractivity contribution in [1.82, 2.24) is 5.32 Å². The monoisotopic (exact) mass is 356 g/mol. The molecule has 3 N–H and O–H groups in total. The topological polar surface area (TPSA) is 61.4 Å². The van der Waals surface area contributed by atoms with Crippen LogP contribution in [0.3, 0.4) is 0 Å². The fourth-order valence-electron chi connectivity index (χ4n) is 2.25. The van der Waals surface area contributed by atoms with Crippen LogP contribution in [0.5, 0.6) is 0 Å². The number of hydrogen-bond acceptors (Lipinski definition) is 3. The smallest absolute Gasteiger partial charge is 0.225 e. The van der Waals surface area contributed by atoms with Gasteiger partial charge >= 0.3 is 0 Å². The highest BCUT2D eigenvalue weighted by Crippen LogP contribution is 2.14. The van der Waals surface area contributed by atoms with E-state index < -0.39 is 0 Å². The summed E-state index contributed by atoms with van der Waals surface area (Å²) in [6, 6.07) is 7.56. The van der Waals surface area contributed by atoms with Crippen LogP contribution in [0.25, 0.3) is 0 Å². The zero-order valence-corrected chi connectivity index (χ0v) is 14.5. The molecule has 1 amide bonds. The van der Waals surface area contributed by atoms with Gasteiger partial charge in [0.1, 0.15) is 0 Å². The number of carbonyl (C=O) groups excluding carboxylic acids is 1. The second kappa shape index (κ2) is 9.18. The van der Waals surface area contributed by atoms with Gasteiger partial charge in [-0.05, 0) is 43.5 Å². The van der Waals surface area contributed by atoms with Crippen molar-refractivity contribution in [3.63, 3.8) is 0 Å². The summed E-state index contributed by atoms with van der Waals surface area (Å²) >= 11 is 3.36. The first kappa shape index (κ1) is 18.1. The van der Waals surface area contributed by atoms with Crippen molar-refractivity contribution in [2.75, 3.05) is 11.9 Å². The van der Waals surface area contributed by atoms with E-state index in [1.807, 2.05) is 31.2 Å². The van der Waals surface area contributed by atoms with Gasteiger partial charge in [0, 0.05) is 28.7 Å². The Bertz CT molecular complexity index is 434. The van der Waals surface area contributed by atoms with Crippen LogP contribution in [0.4, 0.5) is 5.69 Å². The lowest BCUT2D eigenvalue weighted by molar-refractivity contribution is -0.116. The second-order valence-corrected chi connectivity index (χ2v) is 6.75. The van der Waals surface area contributed by atoms with Gasteiger partial charge in [0.2, 0.25) is 5.91 Å². The lowest BCUT2D eigenvalue weighted by Gasteiger charge is -2.23. The molecule has 0 aromatic heterocycles. The number of carbonyl (C=O) groups is 1. The van der Waals surface area contributed by atoms with Crippen LogP contribution in [-0.4, -0.2) is 29.7 Å². The summed E-state index contributed by atoms with van der Waals surface area (Å²) in [5.41, 5.74) is 0.788. The third-order valence-corrected chi connectivity index (χ3v) is 3.64. The molecule has 0 spiro atoms. The molecule has 1 aromatic carbocycles. The van der Waals surface area contributed by atoms with Crippen molar-refractivity contribution in [3.8, 4) is 0 Å². The molecule has 0 aliphatic carbocycles. The Morgan fingerprint density at radius 3 is 2.38 bits per heavy atom. The van der Waals surface area contributed by atoms with E-state index in [0.717, 1.165) is 16.6 Å². The zero-order valence-electron chi connectivity index (χ0n) is 12.9. The molecule has 0 bridgehead atoms. The van der Waals surface area contributed by atoms with Crippen LogP contribution < -0.4 is 10.6 Å². The van der Waals surface area contributed by atoms with Crippen LogP contribution >= 0.6 is 15.9 Å². The maximum atomic E-state index is 12.0. The molecule has 2 atom stereocenters. The number of rotatable bonds is 8. The zero-order chi connectivity index (χ0) is 15.8. The van der Waals surface area contributed by atoms with Crippen molar-refractivity contribution in [2.24, 2.45) is 5.92 Å². The molecule has 4 nitrogen and oxygen atoms in total. The van der Waals surface area contributed by atoms with Crippen molar-refractivity contribution < 1.29 is 9.90 Å². The van der Waals surface area contributed by atoms with Crippen LogP contribution in [0.2, 0.25) is 0 Å². The highest BCUT2D eigenvalue weighted by Gasteiger charge is 2.15. The van der Waals surface area contributed by atoms with E-state index in [1.165, 1.54) is 0 Å². The van der Waals surface area contributed by atoms with Crippen LogP contribution in [0.1, 0.15) is 33.6 Å². The predicted octanol–water partition coefficient (Wildman–Crippen LogP) is 3.16. The minimum atomic E-state index is -0.0291. The molecule has 0 aliphatic rings. The average Bonchev–Trinajstić information content (AvgIpc) is 2.39. The Balaban J connectivity index is 2.40. The molecule has 0 radical (unpaired) electrons. The molecule has 0 heterocycles. The number of nitrogens with one attached hydrogen (secondary N) is 2. The summed E-state index contributed by atoms with van der Waals surface area (Å²) in [6.45, 7) is 6.30. The summed E-state index contributed by atoms with van der Waals surface area (Å²) in [7, 11) is 0. The van der Waals surface area contributed by atoms with E-state index in [2.05, 4.69) is 40.4 Å². The number of anilines is 1. The molecular formula is C16H25BrN2O2. The van der Waals surface area contributed by atoms with E-state index in [-0.39, 0.29) is 24.6 Å². The van der Waals surface area contributed by atoms with Gasteiger partial charge in [0.25, 0.3) is 0 Å². The molecule has 5 heteroatoms. The maximum Gasteiger partial charge on any atom is 0.225 e. The summed E-state index contributed by atoms with van der Waals surface area (Å²) < 4.78 is 0.981. The van der Waals surface area contributed by atoms with Gasteiger partial charge in [0.05, 0.1) is 6.61 Å². The fraction of sp³-hybridized carbons (Fsp3) is 0.562. The molecular weight excluding hydrogens is 332 g/mol. The van der Waals surface area contributed by atoms with Gasteiger partial charge in [-0.3, -0.25) is 4.79 Å². The molecule has 21 heavy (non-hydrogen) atoms. The molecule has 0 fully saturated rings. The second-order valence-electron chi connectivity index (χ2n) is 5.84. The average molecular weight is 357 g/mol. The minimum absolute atomic E-state index is 0.0244. The Morgan fingerprint density at radius 2 is 1.86 bits per heavy atom. The molecule has 0 saturated heterocycles. The van der Waals surface area contributed by atoms with Crippen molar-refractivity contribution in [3.05, 3.63) is 28.7 Å². The summed E-state index contributed by atoms with van der Waals surface area (Å²) in [5, 5.41) is 15.5. The van der Waals surface area contributed by atoms with Gasteiger partial charge in [-0.25, -0.2) is 0 Å². The first-order valence-corrected chi connectivity index (χ1v) is 8.12. The third kappa shape index (κ3) is 7.60. The molecule has 0 saturated carbocycles. The van der Waals surface area contributed by atoms with E-state index in [4.69, 9.17) is 0 Å². The first-order valence-electron chi connectivity index (χ1n) is 7.33. The first-order chi connectivity index (χ1) is 9.90. The highest BCUT2D eigenvalue weighted by atomic mass is 79.9. The van der Waals surface area contributed by atoms with Crippen LogP contribution in [-0.2, 0) is 4.79 Å². The minimum Gasteiger partial charge on any atom is -0.395 e. The molecule has 2 unspecified atom stereocenters. The number of hydrogen-bond donors (Lipinski definition) is 3. The lowest BCUT2D eigenvalue weighted by atomic mass is 10.0. The van der Waals surface area contributed by atoms with Crippen molar-refractivity contribution >= 4 is 27.5 Å². The molecule has 1 rings (SSSR count). The molecule has 118 valence electrons. The number of aliphatic hydroxyl groups is 1. The predicted molar refractivity (Wildman–Crippen MR) is 90.3 cm³/mol. The third-order valence-electron chi connectivity index (χ3n) is 3.12. The van der Waals surface area contributed by atoms with Crippen molar-refractivity contribution in [1.29, 1.82) is 0 Å². The van der Waals surface area contributed by atoms with Gasteiger partial charge in [0.15, 0.2) is 0 Å². The van der Waals surface area contributed by atoms with E-state index in [0.29, 0.717) is 12.3 Å². The van der Waals surface area contributed by atoms with E-state index in [1.54, 1.807) is 0 Å².